The number of hydrogen-bond acceptors (Lipinski definition) is 9. The highest BCUT2D eigenvalue weighted by atomic mass is 16.6. The number of carbonyl (C=O) groups is 6. The highest BCUT2D eigenvalue weighted by Gasteiger charge is 2.39. The summed E-state index contributed by atoms with van der Waals surface area (Å²) in [6.07, 6.45) is -0.183. The highest BCUT2D eigenvalue weighted by Crippen LogP contribution is 2.28. The first kappa shape index (κ1) is 37.3. The molecule has 5 rings (SSSR count). The zero-order valence-electron chi connectivity index (χ0n) is 29.2. The van der Waals surface area contributed by atoms with Gasteiger partial charge in [-0.1, -0.05) is 36.4 Å². The molecule has 2 aliphatic heterocycles. The fourth-order valence-corrected chi connectivity index (χ4v) is 5.46. The van der Waals surface area contributed by atoms with Gasteiger partial charge in [-0.15, -0.1) is 0 Å². The first-order valence-corrected chi connectivity index (χ1v) is 16.8. The number of ether oxygens (including phenoxy) is 3. The Labute approximate surface area is 300 Å². The topological polar surface area (TPSA) is 194 Å². The predicted molar refractivity (Wildman–Crippen MR) is 188 cm³/mol. The third-order valence-electron chi connectivity index (χ3n) is 8.01. The third-order valence-corrected chi connectivity index (χ3v) is 8.01. The van der Waals surface area contributed by atoms with Crippen molar-refractivity contribution in [2.45, 2.75) is 71.6 Å². The summed E-state index contributed by atoms with van der Waals surface area (Å²) < 4.78 is 16.5. The molecule has 15 nitrogen and oxygen atoms in total. The number of piperidine rings is 1. The normalized spacial score (nSPS) is 15.3. The van der Waals surface area contributed by atoms with E-state index in [-0.39, 0.29) is 51.2 Å². The average molecular weight is 715 g/mol. The number of imide groups is 1. The number of nitrogens with zero attached hydrogens (tertiary/aromatic N) is 1. The Morgan fingerprint density at radius 1 is 0.865 bits per heavy atom. The van der Waals surface area contributed by atoms with Crippen molar-refractivity contribution in [2.24, 2.45) is 0 Å². The van der Waals surface area contributed by atoms with Gasteiger partial charge in [0.1, 0.15) is 37.3 Å². The summed E-state index contributed by atoms with van der Waals surface area (Å²) in [5, 5.41) is 12.8. The SMILES string of the molecule is CC(C)(C)OC(=O)NCC(=O)NCOCc1ccc(COc2ccc(NC(=O)NCc3ccc4c(c3)CN(C3CCC(=O)NC3=O)C4=O)cc2)cc1. The van der Waals surface area contributed by atoms with Crippen LogP contribution in [0.2, 0.25) is 0 Å². The molecule has 2 heterocycles. The van der Waals surface area contributed by atoms with Gasteiger partial charge >= 0.3 is 12.1 Å². The predicted octanol–water partition coefficient (Wildman–Crippen LogP) is 3.46. The lowest BCUT2D eigenvalue weighted by molar-refractivity contribution is -0.137. The molecule has 0 bridgehead atoms. The van der Waals surface area contributed by atoms with Gasteiger partial charge in [-0.05, 0) is 79.8 Å². The Bertz CT molecular complexity index is 1810. The second-order valence-electron chi connectivity index (χ2n) is 13.3. The van der Waals surface area contributed by atoms with Crippen molar-refractivity contribution >= 4 is 41.4 Å². The molecule has 1 fully saturated rings. The summed E-state index contributed by atoms with van der Waals surface area (Å²) in [6, 6.07) is 18.8. The van der Waals surface area contributed by atoms with Crippen molar-refractivity contribution in [3.8, 4) is 5.75 Å². The summed E-state index contributed by atoms with van der Waals surface area (Å²) >= 11 is 0. The molecule has 0 aromatic heterocycles. The molecule has 5 N–H and O–H groups in total. The number of anilines is 1. The molecule has 1 atom stereocenters. The van der Waals surface area contributed by atoms with E-state index in [0.29, 0.717) is 30.0 Å². The van der Waals surface area contributed by atoms with Crippen molar-refractivity contribution in [1.29, 1.82) is 0 Å². The molecule has 2 aliphatic rings. The molecule has 3 aromatic rings. The van der Waals surface area contributed by atoms with Crippen LogP contribution in [0.3, 0.4) is 0 Å². The summed E-state index contributed by atoms with van der Waals surface area (Å²) in [5.41, 5.74) is 3.84. The lowest BCUT2D eigenvalue weighted by Crippen LogP contribution is -2.52. The van der Waals surface area contributed by atoms with Gasteiger partial charge in [-0.2, -0.15) is 0 Å². The number of urea groups is 1. The third kappa shape index (κ3) is 10.8. The number of benzene rings is 3. The van der Waals surface area contributed by atoms with Crippen molar-refractivity contribution in [1.82, 2.24) is 26.2 Å². The van der Waals surface area contributed by atoms with Crippen molar-refractivity contribution in [3.63, 3.8) is 0 Å². The molecule has 7 amide bonds. The van der Waals surface area contributed by atoms with E-state index in [9.17, 15) is 28.8 Å². The maximum Gasteiger partial charge on any atom is 0.408 e. The summed E-state index contributed by atoms with van der Waals surface area (Å²) in [5.74, 6) is -0.821. The smallest absolute Gasteiger partial charge is 0.408 e. The van der Waals surface area contributed by atoms with Crippen LogP contribution in [0.5, 0.6) is 5.75 Å². The van der Waals surface area contributed by atoms with E-state index < -0.39 is 35.6 Å². The summed E-state index contributed by atoms with van der Waals surface area (Å²) in [6.45, 7) is 6.06. The van der Waals surface area contributed by atoms with Crippen LogP contribution in [0.1, 0.15) is 66.2 Å². The van der Waals surface area contributed by atoms with E-state index in [4.69, 9.17) is 14.2 Å². The van der Waals surface area contributed by atoms with Gasteiger partial charge in [-0.25, -0.2) is 9.59 Å². The number of nitrogens with one attached hydrogen (secondary N) is 5. The first-order chi connectivity index (χ1) is 24.8. The van der Waals surface area contributed by atoms with Gasteiger partial charge in [0.15, 0.2) is 0 Å². The van der Waals surface area contributed by atoms with Crippen molar-refractivity contribution < 1.29 is 43.0 Å². The van der Waals surface area contributed by atoms with Crippen LogP contribution in [0, 0.1) is 0 Å². The van der Waals surface area contributed by atoms with Crippen LogP contribution in [-0.2, 0) is 50.2 Å². The van der Waals surface area contributed by atoms with E-state index >= 15 is 0 Å². The lowest BCUT2D eigenvalue weighted by Gasteiger charge is -2.29. The first-order valence-electron chi connectivity index (χ1n) is 16.8. The lowest BCUT2D eigenvalue weighted by atomic mass is 10.0. The molecule has 0 aliphatic carbocycles. The molecule has 0 spiro atoms. The Kier molecular flexibility index (Phi) is 12.1. The van der Waals surface area contributed by atoms with Gasteiger partial charge in [0.05, 0.1) is 6.61 Å². The number of hydrogen-bond donors (Lipinski definition) is 5. The van der Waals surface area contributed by atoms with Crippen molar-refractivity contribution in [2.75, 3.05) is 18.6 Å². The van der Waals surface area contributed by atoms with E-state index in [1.54, 1.807) is 57.2 Å². The van der Waals surface area contributed by atoms with Crippen LogP contribution in [0.25, 0.3) is 0 Å². The van der Waals surface area contributed by atoms with Crippen molar-refractivity contribution in [3.05, 3.63) is 94.5 Å². The number of fused-ring (bicyclic) bond motifs is 1. The Morgan fingerprint density at radius 3 is 2.25 bits per heavy atom. The van der Waals surface area contributed by atoms with Crippen LogP contribution < -0.4 is 31.3 Å². The molecular formula is C37H42N6O9. The summed E-state index contributed by atoms with van der Waals surface area (Å²) in [4.78, 5) is 74.3. The van der Waals surface area contributed by atoms with Crippen LogP contribution in [0.15, 0.2) is 66.7 Å². The Hall–Kier alpha value is -5.96. The Balaban J connectivity index is 0.977. The van der Waals surface area contributed by atoms with Gasteiger partial charge in [0.25, 0.3) is 5.91 Å². The van der Waals surface area contributed by atoms with Gasteiger partial charge in [0.2, 0.25) is 17.7 Å². The zero-order valence-corrected chi connectivity index (χ0v) is 29.2. The standard InChI is InChI=1S/C37H42N6O9/c1-37(2,3)52-36(49)39-18-32(45)40-22-50-20-23-4-6-24(7-5-23)21-51-28-11-9-27(10-12-28)41-35(48)38-17-25-8-13-29-26(16-25)19-43(34(29)47)30-14-15-31(44)42-33(30)46/h4-13,16,30H,14-15,17-22H2,1-3H3,(H,39,49)(H,40,45)(H2,38,41,48)(H,42,44,46). The van der Waals surface area contributed by atoms with Crippen LogP contribution in [0.4, 0.5) is 15.3 Å². The summed E-state index contributed by atoms with van der Waals surface area (Å²) in [7, 11) is 0. The number of carbonyl (C=O) groups excluding carboxylic acids is 6. The number of alkyl carbamates (subject to hydrolysis) is 1. The van der Waals surface area contributed by atoms with E-state index in [2.05, 4.69) is 26.6 Å². The average Bonchev–Trinajstić information content (AvgIpc) is 3.42. The molecule has 3 aromatic carbocycles. The van der Waals surface area contributed by atoms with E-state index in [1.165, 1.54) is 4.90 Å². The largest absolute Gasteiger partial charge is 0.489 e. The van der Waals surface area contributed by atoms with E-state index in [0.717, 1.165) is 22.3 Å². The molecule has 274 valence electrons. The monoisotopic (exact) mass is 714 g/mol. The zero-order chi connectivity index (χ0) is 37.3. The fourth-order valence-electron chi connectivity index (χ4n) is 5.46. The minimum absolute atomic E-state index is 0.0152. The van der Waals surface area contributed by atoms with Crippen LogP contribution >= 0.6 is 0 Å². The van der Waals surface area contributed by atoms with E-state index in [1.807, 2.05) is 30.3 Å². The second kappa shape index (κ2) is 16.8. The molecule has 1 saturated heterocycles. The maximum absolute atomic E-state index is 12.9. The molecule has 15 heteroatoms. The fraction of sp³-hybridized carbons (Fsp3) is 0.351. The molecule has 52 heavy (non-hydrogen) atoms. The Morgan fingerprint density at radius 2 is 1.56 bits per heavy atom. The minimum Gasteiger partial charge on any atom is -0.489 e. The van der Waals surface area contributed by atoms with Gasteiger partial charge in [-0.3, -0.25) is 24.5 Å². The molecular weight excluding hydrogens is 672 g/mol. The minimum atomic E-state index is -0.682. The molecule has 1 unspecified atom stereocenters. The number of rotatable bonds is 13. The van der Waals surface area contributed by atoms with Crippen LogP contribution in [-0.4, -0.2) is 65.6 Å². The quantitative estimate of drug-likeness (QED) is 0.100. The molecule has 0 radical (unpaired) electrons. The highest BCUT2D eigenvalue weighted by molar-refractivity contribution is 6.05. The van der Waals surface area contributed by atoms with Gasteiger partial charge in [0, 0.05) is 30.8 Å². The molecule has 0 saturated carbocycles. The number of amides is 7. The second-order valence-corrected chi connectivity index (χ2v) is 13.3. The van der Waals surface area contributed by atoms with Gasteiger partial charge < -0.3 is 40.4 Å². The maximum atomic E-state index is 12.9.